The summed E-state index contributed by atoms with van der Waals surface area (Å²) in [6, 6.07) is 16.3. The second-order valence-electron chi connectivity index (χ2n) is 4.88. The summed E-state index contributed by atoms with van der Waals surface area (Å²) < 4.78 is 14.7. The lowest BCUT2D eigenvalue weighted by molar-refractivity contribution is 0.627. The second kappa shape index (κ2) is 5.31. The minimum absolute atomic E-state index is 0.228. The molecule has 2 heterocycles. The van der Waals surface area contributed by atoms with Crippen molar-refractivity contribution in [2.45, 2.75) is 6.42 Å². The Hall–Kier alpha value is -2.60. The van der Waals surface area contributed by atoms with Crippen LogP contribution in [-0.4, -0.2) is 19.8 Å². The normalized spacial score (nSPS) is 11.1. The Morgan fingerprint density at radius 3 is 2.50 bits per heavy atom. The van der Waals surface area contributed by atoms with Gasteiger partial charge in [-0.05, 0) is 17.7 Å². The molecule has 0 fully saturated rings. The average molecular weight is 310 g/mol. The van der Waals surface area contributed by atoms with E-state index >= 15 is 0 Å². The summed E-state index contributed by atoms with van der Waals surface area (Å²) in [4.78, 5) is 0.760. The second-order valence-corrected chi connectivity index (χ2v) is 5.92. The van der Waals surface area contributed by atoms with Gasteiger partial charge in [0, 0.05) is 12.0 Å². The molecule has 0 aliphatic rings. The maximum atomic E-state index is 12.9. The standard InChI is InChI=1S/C16H11FN4S/c17-13-8-6-11(7-9-13)10-14-20-21-15(18-19-16(21)22-14)12-4-2-1-3-5-12/h1-9H,10H2. The van der Waals surface area contributed by atoms with Gasteiger partial charge in [-0.15, -0.1) is 10.2 Å². The first-order valence-electron chi connectivity index (χ1n) is 6.80. The summed E-state index contributed by atoms with van der Waals surface area (Å²) in [5.41, 5.74) is 2.00. The van der Waals surface area contributed by atoms with Gasteiger partial charge in [0.2, 0.25) is 4.96 Å². The van der Waals surface area contributed by atoms with Crippen molar-refractivity contribution in [1.29, 1.82) is 0 Å². The molecule has 0 atom stereocenters. The molecular weight excluding hydrogens is 299 g/mol. The number of hydrogen-bond acceptors (Lipinski definition) is 4. The first-order valence-corrected chi connectivity index (χ1v) is 7.62. The third-order valence-corrected chi connectivity index (χ3v) is 4.23. The highest BCUT2D eigenvalue weighted by atomic mass is 32.1. The summed E-state index contributed by atoms with van der Waals surface area (Å²) in [5, 5.41) is 13.9. The predicted molar refractivity (Wildman–Crippen MR) is 83.3 cm³/mol. The van der Waals surface area contributed by atoms with Gasteiger partial charge in [0.1, 0.15) is 10.8 Å². The zero-order chi connectivity index (χ0) is 14.9. The summed E-state index contributed by atoms with van der Waals surface area (Å²) in [7, 11) is 0. The lowest BCUT2D eigenvalue weighted by Gasteiger charge is -1.97. The quantitative estimate of drug-likeness (QED) is 0.581. The molecule has 0 spiro atoms. The van der Waals surface area contributed by atoms with Crippen LogP contribution >= 0.6 is 11.3 Å². The smallest absolute Gasteiger partial charge is 0.207 e. The molecule has 0 saturated heterocycles. The van der Waals surface area contributed by atoms with Gasteiger partial charge < -0.3 is 0 Å². The van der Waals surface area contributed by atoms with Crippen LogP contribution in [0.15, 0.2) is 54.6 Å². The third kappa shape index (κ3) is 2.37. The zero-order valence-corrected chi connectivity index (χ0v) is 12.3. The third-order valence-electron chi connectivity index (χ3n) is 3.33. The number of aromatic nitrogens is 4. The number of hydrogen-bond donors (Lipinski definition) is 0. The first-order chi connectivity index (χ1) is 10.8. The van der Waals surface area contributed by atoms with Crippen LogP contribution in [0.25, 0.3) is 16.3 Å². The van der Waals surface area contributed by atoms with Gasteiger partial charge in [-0.25, -0.2) is 4.39 Å². The van der Waals surface area contributed by atoms with Crippen molar-refractivity contribution in [3.63, 3.8) is 0 Å². The molecule has 108 valence electrons. The van der Waals surface area contributed by atoms with Gasteiger partial charge in [0.15, 0.2) is 5.82 Å². The van der Waals surface area contributed by atoms with Crippen LogP contribution in [0.5, 0.6) is 0 Å². The Kier molecular flexibility index (Phi) is 3.16. The fraction of sp³-hybridized carbons (Fsp3) is 0.0625. The van der Waals surface area contributed by atoms with Crippen LogP contribution < -0.4 is 0 Å². The fourth-order valence-corrected chi connectivity index (χ4v) is 3.14. The maximum absolute atomic E-state index is 12.9. The van der Waals surface area contributed by atoms with Crippen molar-refractivity contribution in [1.82, 2.24) is 19.8 Å². The molecule has 4 rings (SSSR count). The SMILES string of the molecule is Fc1ccc(Cc2nn3c(-c4ccccc4)nnc3s2)cc1. The van der Waals surface area contributed by atoms with Crippen LogP contribution in [0.4, 0.5) is 4.39 Å². The molecule has 0 N–H and O–H groups in total. The first kappa shape index (κ1) is 13.1. The number of nitrogens with zero attached hydrogens (tertiary/aromatic N) is 4. The van der Waals surface area contributed by atoms with Gasteiger partial charge in [0.05, 0.1) is 0 Å². The van der Waals surface area contributed by atoms with E-state index in [2.05, 4.69) is 15.3 Å². The predicted octanol–water partition coefficient (Wildman–Crippen LogP) is 3.58. The van der Waals surface area contributed by atoms with E-state index in [1.807, 2.05) is 30.3 Å². The zero-order valence-electron chi connectivity index (χ0n) is 11.5. The van der Waals surface area contributed by atoms with Gasteiger partial charge >= 0.3 is 0 Å². The Labute approximate surface area is 129 Å². The molecule has 0 saturated carbocycles. The molecule has 0 amide bonds. The van der Waals surface area contributed by atoms with Crippen molar-refractivity contribution < 1.29 is 4.39 Å². The highest BCUT2D eigenvalue weighted by Gasteiger charge is 2.13. The Morgan fingerprint density at radius 2 is 1.73 bits per heavy atom. The average Bonchev–Trinajstić information content (AvgIpc) is 3.10. The number of rotatable bonds is 3. The van der Waals surface area contributed by atoms with E-state index in [0.29, 0.717) is 6.42 Å². The molecular formula is C16H11FN4S. The van der Waals surface area contributed by atoms with E-state index in [-0.39, 0.29) is 5.82 Å². The molecule has 0 bridgehead atoms. The van der Waals surface area contributed by atoms with E-state index in [0.717, 1.165) is 26.9 Å². The van der Waals surface area contributed by atoms with Crippen molar-refractivity contribution in [3.8, 4) is 11.4 Å². The van der Waals surface area contributed by atoms with Gasteiger partial charge in [-0.1, -0.05) is 53.8 Å². The van der Waals surface area contributed by atoms with Crippen molar-refractivity contribution in [3.05, 3.63) is 71.0 Å². The number of halogens is 1. The number of benzene rings is 2. The molecule has 4 nitrogen and oxygen atoms in total. The molecule has 22 heavy (non-hydrogen) atoms. The van der Waals surface area contributed by atoms with Gasteiger partial charge in [-0.3, -0.25) is 0 Å². The Bertz CT molecular complexity index is 912. The molecule has 2 aromatic heterocycles. The van der Waals surface area contributed by atoms with Crippen molar-refractivity contribution in [2.75, 3.05) is 0 Å². The Balaban J connectivity index is 1.70. The number of fused-ring (bicyclic) bond motifs is 1. The topological polar surface area (TPSA) is 43.1 Å². The van der Waals surface area contributed by atoms with Gasteiger partial charge in [0.25, 0.3) is 0 Å². The minimum atomic E-state index is -0.228. The van der Waals surface area contributed by atoms with Gasteiger partial charge in [-0.2, -0.15) is 9.61 Å². The summed E-state index contributed by atoms with van der Waals surface area (Å²) in [5.74, 6) is 0.505. The lowest BCUT2D eigenvalue weighted by atomic mass is 10.2. The van der Waals surface area contributed by atoms with E-state index in [4.69, 9.17) is 0 Å². The summed E-state index contributed by atoms with van der Waals surface area (Å²) in [6.07, 6.45) is 0.655. The van der Waals surface area contributed by atoms with E-state index < -0.39 is 0 Å². The van der Waals surface area contributed by atoms with Crippen LogP contribution in [0.2, 0.25) is 0 Å². The largest absolute Gasteiger partial charge is 0.234 e. The molecule has 0 unspecified atom stereocenters. The van der Waals surface area contributed by atoms with Crippen LogP contribution in [0, 0.1) is 5.82 Å². The highest BCUT2D eigenvalue weighted by Crippen LogP contribution is 2.22. The summed E-state index contributed by atoms with van der Waals surface area (Å²) >= 11 is 1.50. The molecule has 0 aliphatic heterocycles. The minimum Gasteiger partial charge on any atom is -0.207 e. The monoisotopic (exact) mass is 310 g/mol. The molecule has 2 aromatic carbocycles. The summed E-state index contributed by atoms with van der Waals surface area (Å²) in [6.45, 7) is 0. The highest BCUT2D eigenvalue weighted by molar-refractivity contribution is 7.16. The lowest BCUT2D eigenvalue weighted by Crippen LogP contribution is -1.93. The van der Waals surface area contributed by atoms with Crippen LogP contribution in [0.3, 0.4) is 0 Å². The molecule has 0 radical (unpaired) electrons. The molecule has 0 aliphatic carbocycles. The van der Waals surface area contributed by atoms with E-state index in [1.54, 1.807) is 16.6 Å². The Morgan fingerprint density at radius 1 is 0.955 bits per heavy atom. The van der Waals surface area contributed by atoms with E-state index in [9.17, 15) is 4.39 Å². The fourth-order valence-electron chi connectivity index (χ4n) is 2.27. The van der Waals surface area contributed by atoms with Crippen LogP contribution in [-0.2, 0) is 6.42 Å². The van der Waals surface area contributed by atoms with Crippen molar-refractivity contribution in [2.24, 2.45) is 0 Å². The van der Waals surface area contributed by atoms with Crippen molar-refractivity contribution >= 4 is 16.3 Å². The molecule has 6 heteroatoms. The van der Waals surface area contributed by atoms with E-state index in [1.165, 1.54) is 23.5 Å². The van der Waals surface area contributed by atoms with Crippen LogP contribution in [0.1, 0.15) is 10.6 Å². The maximum Gasteiger partial charge on any atom is 0.234 e. The molecule has 4 aromatic rings.